The standard InChI is InChI=1S/C15H17FO2S/c16-12-4-6-13(7-5-12)18-11-15-9-8-14(19-15)3-1-2-10-17/h4-7,14-15,17H,2,8-11H2. The zero-order valence-corrected chi connectivity index (χ0v) is 11.5. The predicted octanol–water partition coefficient (Wildman–Crippen LogP) is 2.85. The first-order valence-corrected chi connectivity index (χ1v) is 7.35. The van der Waals surface area contributed by atoms with Crippen LogP contribution in [-0.2, 0) is 0 Å². The molecule has 1 saturated heterocycles. The second kappa shape index (κ2) is 7.42. The van der Waals surface area contributed by atoms with E-state index < -0.39 is 0 Å². The molecule has 1 fully saturated rings. The quantitative estimate of drug-likeness (QED) is 0.860. The fourth-order valence-corrected chi connectivity index (χ4v) is 3.20. The lowest BCUT2D eigenvalue weighted by atomic mass is 10.2. The van der Waals surface area contributed by atoms with Gasteiger partial charge in [-0.25, -0.2) is 4.39 Å². The zero-order valence-electron chi connectivity index (χ0n) is 10.6. The molecule has 0 amide bonds. The van der Waals surface area contributed by atoms with Gasteiger partial charge in [-0.2, -0.15) is 0 Å². The van der Waals surface area contributed by atoms with Crippen molar-refractivity contribution in [2.24, 2.45) is 0 Å². The number of hydrogen-bond donors (Lipinski definition) is 1. The molecule has 0 saturated carbocycles. The highest BCUT2D eigenvalue weighted by Gasteiger charge is 2.24. The topological polar surface area (TPSA) is 29.5 Å². The lowest BCUT2D eigenvalue weighted by Gasteiger charge is -2.11. The van der Waals surface area contributed by atoms with Gasteiger partial charge >= 0.3 is 0 Å². The van der Waals surface area contributed by atoms with Gasteiger partial charge in [0.1, 0.15) is 18.2 Å². The number of aliphatic hydroxyl groups excluding tert-OH is 1. The molecule has 0 aromatic heterocycles. The van der Waals surface area contributed by atoms with E-state index in [9.17, 15) is 4.39 Å². The Hall–Kier alpha value is -1.18. The summed E-state index contributed by atoms with van der Waals surface area (Å²) in [6.45, 7) is 0.760. The number of halogens is 1. The molecular formula is C15H17FO2S. The minimum absolute atomic E-state index is 0.126. The first-order chi connectivity index (χ1) is 9.28. The van der Waals surface area contributed by atoms with Crippen LogP contribution in [-0.4, -0.2) is 28.8 Å². The van der Waals surface area contributed by atoms with Gasteiger partial charge in [0.25, 0.3) is 0 Å². The molecule has 1 aliphatic rings. The normalized spacial score (nSPS) is 21.8. The number of hydrogen-bond acceptors (Lipinski definition) is 3. The molecule has 2 unspecified atom stereocenters. The fourth-order valence-electron chi connectivity index (χ4n) is 1.90. The Morgan fingerprint density at radius 2 is 2.11 bits per heavy atom. The van der Waals surface area contributed by atoms with Gasteiger partial charge in [-0.3, -0.25) is 0 Å². The van der Waals surface area contributed by atoms with E-state index in [0.29, 0.717) is 29.3 Å². The minimum Gasteiger partial charge on any atom is -0.492 e. The van der Waals surface area contributed by atoms with Crippen molar-refractivity contribution in [2.45, 2.75) is 29.8 Å². The molecule has 2 nitrogen and oxygen atoms in total. The van der Waals surface area contributed by atoms with E-state index in [-0.39, 0.29) is 12.4 Å². The van der Waals surface area contributed by atoms with Crippen LogP contribution in [0, 0.1) is 17.7 Å². The van der Waals surface area contributed by atoms with E-state index in [1.54, 1.807) is 12.1 Å². The Labute approximate surface area is 117 Å². The van der Waals surface area contributed by atoms with Gasteiger partial charge in [-0.15, -0.1) is 11.8 Å². The second-order valence-electron chi connectivity index (χ2n) is 4.38. The second-order valence-corrected chi connectivity index (χ2v) is 5.89. The van der Waals surface area contributed by atoms with Crippen molar-refractivity contribution >= 4 is 11.8 Å². The first kappa shape index (κ1) is 14.2. The highest BCUT2D eigenvalue weighted by Crippen LogP contribution is 2.33. The van der Waals surface area contributed by atoms with Crippen molar-refractivity contribution in [3.8, 4) is 17.6 Å². The first-order valence-electron chi connectivity index (χ1n) is 6.41. The molecule has 0 aliphatic carbocycles. The van der Waals surface area contributed by atoms with E-state index in [2.05, 4.69) is 11.8 Å². The molecule has 19 heavy (non-hydrogen) atoms. The summed E-state index contributed by atoms with van der Waals surface area (Å²) in [5, 5.41) is 9.46. The van der Waals surface area contributed by atoms with Gasteiger partial charge in [-0.1, -0.05) is 11.8 Å². The van der Waals surface area contributed by atoms with Crippen molar-refractivity contribution in [2.75, 3.05) is 13.2 Å². The number of aliphatic hydroxyl groups is 1. The van der Waals surface area contributed by atoms with Crippen molar-refractivity contribution < 1.29 is 14.2 Å². The molecule has 1 aromatic rings. The summed E-state index contributed by atoms with van der Waals surface area (Å²) in [6, 6.07) is 6.10. The summed E-state index contributed by atoms with van der Waals surface area (Å²) < 4.78 is 18.4. The summed E-state index contributed by atoms with van der Waals surface area (Å²) in [7, 11) is 0. The van der Waals surface area contributed by atoms with Crippen LogP contribution < -0.4 is 4.74 Å². The van der Waals surface area contributed by atoms with Gasteiger partial charge in [0.05, 0.1) is 11.9 Å². The number of ether oxygens (including phenoxy) is 1. The molecule has 2 atom stereocenters. The molecule has 1 heterocycles. The van der Waals surface area contributed by atoms with Crippen LogP contribution in [0.15, 0.2) is 24.3 Å². The molecule has 1 aromatic carbocycles. The van der Waals surface area contributed by atoms with Gasteiger partial charge in [0.15, 0.2) is 0 Å². The molecule has 1 aliphatic heterocycles. The molecule has 2 rings (SSSR count). The summed E-state index contributed by atoms with van der Waals surface area (Å²) in [5.41, 5.74) is 0. The highest BCUT2D eigenvalue weighted by molar-refractivity contribution is 8.01. The monoisotopic (exact) mass is 280 g/mol. The Morgan fingerprint density at radius 3 is 2.84 bits per heavy atom. The summed E-state index contributed by atoms with van der Waals surface area (Å²) in [6.07, 6.45) is 2.71. The van der Waals surface area contributed by atoms with Crippen molar-refractivity contribution in [3.63, 3.8) is 0 Å². The van der Waals surface area contributed by atoms with Gasteiger partial charge in [0, 0.05) is 11.7 Å². The Kier molecular flexibility index (Phi) is 5.56. The molecule has 1 N–H and O–H groups in total. The van der Waals surface area contributed by atoms with E-state index in [0.717, 1.165) is 12.8 Å². The Balaban J connectivity index is 1.73. The van der Waals surface area contributed by atoms with Crippen LogP contribution in [0.25, 0.3) is 0 Å². The maximum absolute atomic E-state index is 12.7. The third kappa shape index (κ3) is 4.77. The zero-order chi connectivity index (χ0) is 13.5. The maximum Gasteiger partial charge on any atom is 0.123 e. The average molecular weight is 280 g/mol. The van der Waals surface area contributed by atoms with Crippen LogP contribution in [0.2, 0.25) is 0 Å². The van der Waals surface area contributed by atoms with Crippen LogP contribution in [0.4, 0.5) is 4.39 Å². The molecular weight excluding hydrogens is 263 g/mol. The van der Waals surface area contributed by atoms with E-state index >= 15 is 0 Å². The van der Waals surface area contributed by atoms with Crippen LogP contribution in [0.3, 0.4) is 0 Å². The van der Waals surface area contributed by atoms with Crippen molar-refractivity contribution in [3.05, 3.63) is 30.1 Å². The predicted molar refractivity (Wildman–Crippen MR) is 75.8 cm³/mol. The number of benzene rings is 1. The van der Waals surface area contributed by atoms with Crippen molar-refractivity contribution in [1.82, 2.24) is 0 Å². The largest absolute Gasteiger partial charge is 0.492 e. The summed E-state index contributed by atoms with van der Waals surface area (Å²) >= 11 is 1.83. The van der Waals surface area contributed by atoms with Gasteiger partial charge in [0.2, 0.25) is 0 Å². The lowest BCUT2D eigenvalue weighted by molar-refractivity contribution is 0.305. The third-order valence-electron chi connectivity index (χ3n) is 2.86. The summed E-state index contributed by atoms with van der Waals surface area (Å²) in [5.74, 6) is 6.60. The smallest absolute Gasteiger partial charge is 0.123 e. The lowest BCUT2D eigenvalue weighted by Crippen LogP contribution is -2.11. The molecule has 0 spiro atoms. The fraction of sp³-hybridized carbons (Fsp3) is 0.467. The third-order valence-corrected chi connectivity index (χ3v) is 4.30. The van der Waals surface area contributed by atoms with Crippen LogP contribution >= 0.6 is 11.8 Å². The van der Waals surface area contributed by atoms with Crippen molar-refractivity contribution in [1.29, 1.82) is 0 Å². The molecule has 0 bridgehead atoms. The van der Waals surface area contributed by atoms with E-state index in [1.807, 2.05) is 11.8 Å². The number of thioether (sulfide) groups is 1. The summed E-state index contributed by atoms with van der Waals surface area (Å²) in [4.78, 5) is 0. The Bertz CT molecular complexity index is 449. The van der Waals surface area contributed by atoms with Crippen LogP contribution in [0.5, 0.6) is 5.75 Å². The Morgan fingerprint density at radius 1 is 1.32 bits per heavy atom. The van der Waals surface area contributed by atoms with Crippen LogP contribution in [0.1, 0.15) is 19.3 Å². The molecule has 4 heteroatoms. The van der Waals surface area contributed by atoms with Gasteiger partial charge in [-0.05, 0) is 37.1 Å². The van der Waals surface area contributed by atoms with E-state index in [4.69, 9.17) is 9.84 Å². The highest BCUT2D eigenvalue weighted by atomic mass is 32.2. The SMILES string of the molecule is OCCC#CC1CCC(COc2ccc(F)cc2)S1. The maximum atomic E-state index is 12.7. The number of rotatable bonds is 4. The average Bonchev–Trinajstić information content (AvgIpc) is 2.86. The molecule has 102 valence electrons. The molecule has 0 radical (unpaired) electrons. The van der Waals surface area contributed by atoms with Gasteiger partial charge < -0.3 is 9.84 Å². The van der Waals surface area contributed by atoms with E-state index in [1.165, 1.54) is 12.1 Å². The minimum atomic E-state index is -0.248.